The van der Waals surface area contributed by atoms with Gasteiger partial charge in [-0.15, -0.1) is 0 Å². The second-order valence-electron chi connectivity index (χ2n) is 7.32. The molecular weight excluding hydrogens is 413 g/mol. The van der Waals surface area contributed by atoms with Crippen LogP contribution >= 0.6 is 18.7 Å². The predicted octanol–water partition coefficient (Wildman–Crippen LogP) is 2.78. The highest BCUT2D eigenvalue weighted by Crippen LogP contribution is 2.38. The van der Waals surface area contributed by atoms with E-state index in [4.69, 9.17) is 16.3 Å². The van der Waals surface area contributed by atoms with Gasteiger partial charge in [0.2, 0.25) is 5.95 Å². The average molecular weight is 438 g/mol. The normalized spacial score (nSPS) is 17.2. The predicted molar refractivity (Wildman–Crippen MR) is 116 cm³/mol. The lowest BCUT2D eigenvalue weighted by Crippen LogP contribution is -2.31. The number of rotatable bonds is 7. The Hall–Kier alpha value is -2.15. The summed E-state index contributed by atoms with van der Waals surface area (Å²) in [6, 6.07) is 7.53. The van der Waals surface area contributed by atoms with Gasteiger partial charge in [-0.25, -0.2) is 4.98 Å². The Kier molecular flexibility index (Phi) is 6.77. The number of nitrogens with zero attached hydrogens (tertiary/aromatic N) is 3. The van der Waals surface area contributed by atoms with Gasteiger partial charge in [0.1, 0.15) is 12.2 Å². The molecule has 156 valence electrons. The van der Waals surface area contributed by atoms with Crippen molar-refractivity contribution in [2.24, 2.45) is 0 Å². The number of halogens is 1. The molecular formula is C19H25ClN5O3P. The van der Waals surface area contributed by atoms with Crippen LogP contribution in [0, 0.1) is 0 Å². The molecule has 1 saturated heterocycles. The van der Waals surface area contributed by atoms with E-state index in [2.05, 4.69) is 20.6 Å². The average Bonchev–Trinajstić information content (AvgIpc) is 3.10. The molecule has 2 N–H and O–H groups in total. The Labute approximate surface area is 175 Å². The van der Waals surface area contributed by atoms with Crippen molar-refractivity contribution in [3.8, 4) is 0 Å². The minimum absolute atomic E-state index is 0.118. The number of anilines is 3. The standard InChI is InChI=1S/C19H25ClN5O3P/c1-28-17(26)12-25-9-8-13(11-25)22-19-21-10-14(20)18(24-19)23-15-6-4-5-7-16(15)29(2,3)27/h4-7,10,13H,8-9,11-12H2,1-3H3,(H2,21,22,23,24)/t13-/m1/s1. The van der Waals surface area contributed by atoms with Crippen molar-refractivity contribution in [1.82, 2.24) is 14.9 Å². The summed E-state index contributed by atoms with van der Waals surface area (Å²) in [5, 5.41) is 7.58. The molecule has 1 atom stereocenters. The molecule has 1 aromatic carbocycles. The van der Waals surface area contributed by atoms with Crippen molar-refractivity contribution in [3.63, 3.8) is 0 Å². The Bertz CT molecular complexity index is 936. The number of benzene rings is 1. The third-order valence-electron chi connectivity index (χ3n) is 4.67. The van der Waals surface area contributed by atoms with E-state index in [9.17, 15) is 9.36 Å². The molecule has 0 bridgehead atoms. The second kappa shape index (κ2) is 9.11. The summed E-state index contributed by atoms with van der Waals surface area (Å²) in [6.45, 7) is 5.21. The largest absolute Gasteiger partial charge is 0.468 e. The summed E-state index contributed by atoms with van der Waals surface area (Å²) in [5.41, 5.74) is 0.706. The molecule has 0 unspecified atom stereocenters. The van der Waals surface area contributed by atoms with Gasteiger partial charge in [-0.1, -0.05) is 23.7 Å². The van der Waals surface area contributed by atoms with Crippen molar-refractivity contribution in [2.75, 3.05) is 50.7 Å². The number of likely N-dealkylation sites (tertiary alicyclic amines) is 1. The van der Waals surface area contributed by atoms with Gasteiger partial charge < -0.3 is 19.9 Å². The summed E-state index contributed by atoms with van der Waals surface area (Å²) in [4.78, 5) is 22.2. The maximum atomic E-state index is 12.6. The topological polar surface area (TPSA) is 96.5 Å². The van der Waals surface area contributed by atoms with Crippen LogP contribution in [0.3, 0.4) is 0 Å². The van der Waals surface area contributed by atoms with Crippen LogP contribution in [0.5, 0.6) is 0 Å². The lowest BCUT2D eigenvalue weighted by Gasteiger charge is -2.17. The Morgan fingerprint density at radius 1 is 1.38 bits per heavy atom. The first kappa shape index (κ1) is 21.6. The van der Waals surface area contributed by atoms with E-state index in [1.54, 1.807) is 13.3 Å². The fourth-order valence-corrected chi connectivity index (χ4v) is 4.52. The van der Waals surface area contributed by atoms with E-state index in [-0.39, 0.29) is 18.6 Å². The van der Waals surface area contributed by atoms with E-state index in [0.29, 0.717) is 29.0 Å². The number of para-hydroxylation sites is 1. The number of nitrogens with one attached hydrogen (secondary N) is 2. The number of hydrogen-bond acceptors (Lipinski definition) is 8. The molecule has 0 saturated carbocycles. The summed E-state index contributed by atoms with van der Waals surface area (Å²) in [7, 11) is -1.09. The van der Waals surface area contributed by atoms with Crippen molar-refractivity contribution < 1.29 is 14.1 Å². The third kappa shape index (κ3) is 5.69. The van der Waals surface area contributed by atoms with Crippen molar-refractivity contribution in [2.45, 2.75) is 12.5 Å². The Morgan fingerprint density at radius 3 is 2.86 bits per heavy atom. The third-order valence-corrected chi connectivity index (χ3v) is 6.49. The highest BCUT2D eigenvalue weighted by molar-refractivity contribution is 7.70. The van der Waals surface area contributed by atoms with Gasteiger partial charge in [0.25, 0.3) is 0 Å². The molecule has 0 aliphatic carbocycles. The number of carbonyl (C=O) groups is 1. The Balaban J connectivity index is 1.72. The zero-order valence-electron chi connectivity index (χ0n) is 16.7. The van der Waals surface area contributed by atoms with Crippen LogP contribution in [0.2, 0.25) is 5.02 Å². The lowest BCUT2D eigenvalue weighted by molar-refractivity contribution is -0.141. The van der Waals surface area contributed by atoms with Gasteiger partial charge >= 0.3 is 5.97 Å². The number of ether oxygens (including phenoxy) is 1. The fraction of sp³-hybridized carbons (Fsp3) is 0.421. The molecule has 1 aromatic heterocycles. The van der Waals surface area contributed by atoms with Gasteiger partial charge in [0.05, 0.1) is 25.5 Å². The van der Waals surface area contributed by atoms with E-state index in [0.717, 1.165) is 18.3 Å². The molecule has 1 fully saturated rings. The number of hydrogen-bond donors (Lipinski definition) is 2. The molecule has 0 radical (unpaired) electrons. The molecule has 10 heteroatoms. The highest BCUT2D eigenvalue weighted by atomic mass is 35.5. The molecule has 1 aliphatic heterocycles. The van der Waals surface area contributed by atoms with Gasteiger partial charge in [0.15, 0.2) is 5.82 Å². The number of esters is 1. The molecule has 2 heterocycles. The monoisotopic (exact) mass is 437 g/mol. The fourth-order valence-electron chi connectivity index (χ4n) is 3.22. The van der Waals surface area contributed by atoms with E-state index >= 15 is 0 Å². The van der Waals surface area contributed by atoms with Gasteiger partial charge in [-0.2, -0.15) is 4.98 Å². The maximum Gasteiger partial charge on any atom is 0.319 e. The van der Waals surface area contributed by atoms with Crippen LogP contribution in [0.1, 0.15) is 6.42 Å². The highest BCUT2D eigenvalue weighted by Gasteiger charge is 2.25. The first-order valence-corrected chi connectivity index (χ1v) is 12.2. The first-order chi connectivity index (χ1) is 13.8. The number of methoxy groups -OCH3 is 1. The number of carbonyl (C=O) groups excluding carboxylic acids is 1. The molecule has 2 aromatic rings. The van der Waals surface area contributed by atoms with Crippen molar-refractivity contribution >= 4 is 47.5 Å². The molecule has 0 spiro atoms. The second-order valence-corrected chi connectivity index (χ2v) is 10.9. The van der Waals surface area contributed by atoms with Crippen LogP contribution in [0.25, 0.3) is 0 Å². The summed E-state index contributed by atoms with van der Waals surface area (Å²) in [5.74, 6) is 0.632. The molecule has 8 nitrogen and oxygen atoms in total. The van der Waals surface area contributed by atoms with Gasteiger partial charge in [-0.05, 0) is 31.9 Å². The van der Waals surface area contributed by atoms with Crippen LogP contribution in [0.15, 0.2) is 30.5 Å². The zero-order chi connectivity index (χ0) is 21.0. The number of aromatic nitrogens is 2. The quantitative estimate of drug-likeness (QED) is 0.504. The SMILES string of the molecule is COC(=O)CN1CC[C@@H](Nc2ncc(Cl)c(Nc3ccccc3P(C)(C)=O)n2)C1. The summed E-state index contributed by atoms with van der Waals surface area (Å²) < 4.78 is 17.3. The smallest absolute Gasteiger partial charge is 0.319 e. The molecule has 3 rings (SSSR count). The zero-order valence-corrected chi connectivity index (χ0v) is 18.3. The molecule has 29 heavy (non-hydrogen) atoms. The molecule has 0 amide bonds. The van der Waals surface area contributed by atoms with Gasteiger partial charge in [-0.3, -0.25) is 9.69 Å². The van der Waals surface area contributed by atoms with Crippen LogP contribution in [-0.2, 0) is 14.1 Å². The summed E-state index contributed by atoms with van der Waals surface area (Å²) in [6.07, 6.45) is 2.39. The van der Waals surface area contributed by atoms with Crippen LogP contribution < -0.4 is 15.9 Å². The minimum atomic E-state index is -2.47. The van der Waals surface area contributed by atoms with Crippen LogP contribution in [-0.4, -0.2) is 67.0 Å². The van der Waals surface area contributed by atoms with Crippen LogP contribution in [0.4, 0.5) is 17.5 Å². The Morgan fingerprint density at radius 2 is 2.14 bits per heavy atom. The van der Waals surface area contributed by atoms with E-state index in [1.165, 1.54) is 13.3 Å². The van der Waals surface area contributed by atoms with E-state index in [1.807, 2.05) is 29.2 Å². The summed E-state index contributed by atoms with van der Waals surface area (Å²) >= 11 is 6.28. The minimum Gasteiger partial charge on any atom is -0.468 e. The van der Waals surface area contributed by atoms with Crippen molar-refractivity contribution in [3.05, 3.63) is 35.5 Å². The van der Waals surface area contributed by atoms with Gasteiger partial charge in [0, 0.05) is 24.4 Å². The lowest BCUT2D eigenvalue weighted by atomic mass is 10.3. The van der Waals surface area contributed by atoms with E-state index < -0.39 is 7.14 Å². The van der Waals surface area contributed by atoms with Crippen molar-refractivity contribution in [1.29, 1.82) is 0 Å². The maximum absolute atomic E-state index is 12.6. The molecule has 1 aliphatic rings. The first-order valence-electron chi connectivity index (χ1n) is 9.26.